The number of pyridine rings is 1. The van der Waals surface area contributed by atoms with Crippen LogP contribution in [0.5, 0.6) is 0 Å². The fourth-order valence-electron chi connectivity index (χ4n) is 7.71. The van der Waals surface area contributed by atoms with Crippen LogP contribution in [0.1, 0.15) is 71.4 Å². The maximum Gasteiger partial charge on any atom is 0.302 e. The standard InChI is InChI=1S/C27H35NO3/c1-17(29)31-20-9-11-26(2)18(14-20)7-8-21-22(26)10-12-27(3)23(21)16-25(30)24(27)15-19-6-4-5-13-28-19/h4-7,13,15,20-23,25,30H,8-12,14,16H2,1-3H3/b24-15+/t20-,21+,22-,23-,25-,26-,27-/m0/s1. The van der Waals surface area contributed by atoms with Gasteiger partial charge in [0.2, 0.25) is 0 Å². The molecule has 31 heavy (non-hydrogen) atoms. The predicted octanol–water partition coefficient (Wildman–Crippen LogP) is 5.33. The highest BCUT2D eigenvalue weighted by atomic mass is 16.5. The molecule has 5 rings (SSSR count). The molecule has 7 atom stereocenters. The third-order valence-corrected chi connectivity index (χ3v) is 9.27. The Morgan fingerprint density at radius 3 is 2.74 bits per heavy atom. The molecule has 4 nitrogen and oxygen atoms in total. The van der Waals surface area contributed by atoms with Crippen molar-refractivity contribution in [3.63, 3.8) is 0 Å². The summed E-state index contributed by atoms with van der Waals surface area (Å²) in [5, 5.41) is 11.1. The summed E-state index contributed by atoms with van der Waals surface area (Å²) in [5.74, 6) is 1.62. The lowest BCUT2D eigenvalue weighted by molar-refractivity contribution is -0.148. The van der Waals surface area contributed by atoms with E-state index in [4.69, 9.17) is 4.74 Å². The Bertz CT molecular complexity index is 922. The van der Waals surface area contributed by atoms with Crippen LogP contribution in [0.25, 0.3) is 6.08 Å². The first kappa shape index (κ1) is 20.9. The highest BCUT2D eigenvalue weighted by Gasteiger charge is 2.59. The van der Waals surface area contributed by atoms with Gasteiger partial charge in [-0.2, -0.15) is 0 Å². The van der Waals surface area contributed by atoms with Crippen molar-refractivity contribution in [1.82, 2.24) is 4.98 Å². The van der Waals surface area contributed by atoms with Gasteiger partial charge >= 0.3 is 5.97 Å². The van der Waals surface area contributed by atoms with Gasteiger partial charge in [-0.3, -0.25) is 9.78 Å². The average Bonchev–Trinajstić information content (AvgIpc) is 2.99. The molecule has 0 saturated heterocycles. The van der Waals surface area contributed by atoms with Crippen molar-refractivity contribution in [2.75, 3.05) is 0 Å². The van der Waals surface area contributed by atoms with Gasteiger partial charge in [0, 0.05) is 19.5 Å². The highest BCUT2D eigenvalue weighted by Crippen LogP contribution is 2.66. The third-order valence-electron chi connectivity index (χ3n) is 9.27. The zero-order valence-electron chi connectivity index (χ0n) is 19.0. The molecule has 0 bridgehead atoms. The van der Waals surface area contributed by atoms with Crippen molar-refractivity contribution in [2.45, 2.75) is 77.9 Å². The number of carbonyl (C=O) groups is 1. The first-order valence-corrected chi connectivity index (χ1v) is 12.0. The van der Waals surface area contributed by atoms with Gasteiger partial charge in [0.15, 0.2) is 0 Å². The summed E-state index contributed by atoms with van der Waals surface area (Å²) in [6.45, 7) is 6.36. The van der Waals surface area contributed by atoms with Crippen LogP contribution in [-0.2, 0) is 9.53 Å². The highest BCUT2D eigenvalue weighted by molar-refractivity contribution is 5.66. The molecule has 1 aromatic rings. The summed E-state index contributed by atoms with van der Waals surface area (Å²) in [6, 6.07) is 5.98. The molecule has 3 fully saturated rings. The van der Waals surface area contributed by atoms with E-state index in [0.717, 1.165) is 44.2 Å². The number of carbonyl (C=O) groups excluding carboxylic acids is 1. The predicted molar refractivity (Wildman–Crippen MR) is 121 cm³/mol. The van der Waals surface area contributed by atoms with Gasteiger partial charge in [-0.05, 0) is 90.9 Å². The summed E-state index contributed by atoms with van der Waals surface area (Å²) in [7, 11) is 0. The number of rotatable bonds is 2. The van der Waals surface area contributed by atoms with E-state index in [0.29, 0.717) is 17.8 Å². The number of ether oxygens (including phenoxy) is 1. The summed E-state index contributed by atoms with van der Waals surface area (Å²) in [6.07, 6.45) is 13.4. The van der Waals surface area contributed by atoms with E-state index in [1.807, 2.05) is 24.4 Å². The molecule has 0 aliphatic heterocycles. The number of hydrogen-bond acceptors (Lipinski definition) is 4. The summed E-state index contributed by atoms with van der Waals surface area (Å²) >= 11 is 0. The fourth-order valence-corrected chi connectivity index (χ4v) is 7.71. The molecule has 0 amide bonds. The van der Waals surface area contributed by atoms with Crippen LogP contribution in [-0.4, -0.2) is 28.3 Å². The molecule has 0 aromatic carbocycles. The van der Waals surface area contributed by atoms with Crippen molar-refractivity contribution in [2.24, 2.45) is 28.6 Å². The lowest BCUT2D eigenvalue weighted by Gasteiger charge is -2.57. The van der Waals surface area contributed by atoms with Gasteiger partial charge in [-0.15, -0.1) is 0 Å². The summed E-state index contributed by atoms with van der Waals surface area (Å²) in [4.78, 5) is 15.9. The molecule has 0 spiro atoms. The number of aliphatic hydroxyl groups excluding tert-OH is 1. The minimum atomic E-state index is -0.367. The Labute approximate surface area is 185 Å². The first-order valence-electron chi connectivity index (χ1n) is 12.0. The number of hydrogen-bond donors (Lipinski definition) is 1. The number of nitrogens with zero attached hydrogens (tertiary/aromatic N) is 1. The molecule has 1 aromatic heterocycles. The molecule has 4 heteroatoms. The van der Waals surface area contributed by atoms with Gasteiger partial charge in [0.05, 0.1) is 11.8 Å². The van der Waals surface area contributed by atoms with Crippen LogP contribution in [0, 0.1) is 28.6 Å². The number of aromatic nitrogens is 1. The lowest BCUT2D eigenvalue weighted by atomic mass is 9.48. The zero-order valence-corrected chi connectivity index (χ0v) is 19.0. The third kappa shape index (κ3) is 3.38. The Balaban J connectivity index is 1.43. The molecular weight excluding hydrogens is 386 g/mol. The first-order chi connectivity index (χ1) is 14.8. The Morgan fingerprint density at radius 1 is 1.19 bits per heavy atom. The molecule has 166 valence electrons. The average molecular weight is 422 g/mol. The minimum Gasteiger partial charge on any atom is -0.462 e. The quantitative estimate of drug-likeness (QED) is 0.518. The molecule has 1 N–H and O–H groups in total. The largest absolute Gasteiger partial charge is 0.462 e. The molecule has 4 aliphatic carbocycles. The Morgan fingerprint density at radius 2 is 2.00 bits per heavy atom. The number of fused-ring (bicyclic) bond motifs is 5. The van der Waals surface area contributed by atoms with Crippen LogP contribution in [0.4, 0.5) is 0 Å². The topological polar surface area (TPSA) is 59.4 Å². The van der Waals surface area contributed by atoms with E-state index >= 15 is 0 Å². The maximum atomic E-state index is 11.5. The number of allylic oxidation sites excluding steroid dienone is 1. The summed E-state index contributed by atoms with van der Waals surface area (Å²) < 4.78 is 5.57. The van der Waals surface area contributed by atoms with Gasteiger partial charge in [0.1, 0.15) is 6.10 Å². The van der Waals surface area contributed by atoms with Crippen LogP contribution in [0.15, 0.2) is 41.6 Å². The van der Waals surface area contributed by atoms with E-state index < -0.39 is 0 Å². The van der Waals surface area contributed by atoms with Crippen molar-refractivity contribution >= 4 is 12.0 Å². The molecule has 1 heterocycles. The monoisotopic (exact) mass is 421 g/mol. The minimum absolute atomic E-state index is 0.0449. The van der Waals surface area contributed by atoms with Crippen LogP contribution >= 0.6 is 0 Å². The van der Waals surface area contributed by atoms with Gasteiger partial charge in [-0.25, -0.2) is 0 Å². The molecular formula is C27H35NO3. The van der Waals surface area contributed by atoms with E-state index in [2.05, 4.69) is 31.0 Å². The van der Waals surface area contributed by atoms with Crippen LogP contribution in [0.2, 0.25) is 0 Å². The van der Waals surface area contributed by atoms with Gasteiger partial charge in [-0.1, -0.05) is 31.6 Å². The second kappa shape index (κ2) is 7.58. The lowest BCUT2D eigenvalue weighted by Crippen LogP contribution is -2.49. The van der Waals surface area contributed by atoms with Crippen LogP contribution < -0.4 is 0 Å². The van der Waals surface area contributed by atoms with E-state index in [-0.39, 0.29) is 29.0 Å². The van der Waals surface area contributed by atoms with Crippen molar-refractivity contribution < 1.29 is 14.6 Å². The molecule has 4 aliphatic rings. The van der Waals surface area contributed by atoms with E-state index in [9.17, 15) is 9.90 Å². The second-order valence-corrected chi connectivity index (χ2v) is 10.8. The fraction of sp³-hybridized carbons (Fsp3) is 0.630. The SMILES string of the molecule is CC(=O)O[C@H]1CC[C@@]2(C)C(=CC[C@@H]3[C@@H]2CC[C@]2(C)/C(=C/c4ccccn4)[C@@H](O)C[C@@H]32)C1. The zero-order chi connectivity index (χ0) is 21.8. The number of esters is 1. The van der Waals surface area contributed by atoms with E-state index in [1.54, 1.807) is 0 Å². The van der Waals surface area contributed by atoms with Gasteiger partial charge in [0.25, 0.3) is 0 Å². The molecule has 0 radical (unpaired) electrons. The van der Waals surface area contributed by atoms with Crippen molar-refractivity contribution in [1.29, 1.82) is 0 Å². The van der Waals surface area contributed by atoms with Crippen molar-refractivity contribution in [3.05, 3.63) is 47.3 Å². The van der Waals surface area contributed by atoms with Crippen molar-refractivity contribution in [3.8, 4) is 0 Å². The van der Waals surface area contributed by atoms with E-state index in [1.165, 1.54) is 24.5 Å². The number of aliphatic hydroxyl groups is 1. The maximum absolute atomic E-state index is 11.5. The summed E-state index contributed by atoms with van der Waals surface area (Å²) in [5.41, 5.74) is 3.90. The second-order valence-electron chi connectivity index (χ2n) is 10.8. The van der Waals surface area contributed by atoms with Gasteiger partial charge < -0.3 is 9.84 Å². The smallest absolute Gasteiger partial charge is 0.302 e. The Hall–Kier alpha value is -1.94. The molecule has 0 unspecified atom stereocenters. The Kier molecular flexibility index (Phi) is 5.12. The normalized spacial score (nSPS) is 42.9. The van der Waals surface area contributed by atoms with Crippen LogP contribution in [0.3, 0.4) is 0 Å². The molecule has 3 saturated carbocycles.